The average molecular weight is 216 g/mol. The van der Waals surface area contributed by atoms with Gasteiger partial charge in [-0.3, -0.25) is 4.79 Å². The molecule has 0 saturated carbocycles. The number of unbranched alkanes of at least 4 members (excludes halogenated alkanes) is 1. The highest BCUT2D eigenvalue weighted by atomic mass is 16.6. The standard InChI is InChI=1S/C10H20N2O3/c1-9(5-7-13)10(14)12-6-3-4-8-15-11-2/h9,13H,2-8H2,1H3,(H,12,14). The highest BCUT2D eigenvalue weighted by molar-refractivity contribution is 5.78. The number of hydrogen-bond donors (Lipinski definition) is 2. The van der Waals surface area contributed by atoms with E-state index in [4.69, 9.17) is 9.94 Å². The summed E-state index contributed by atoms with van der Waals surface area (Å²) in [5, 5.41) is 14.7. The van der Waals surface area contributed by atoms with Gasteiger partial charge in [-0.25, -0.2) is 0 Å². The van der Waals surface area contributed by atoms with Crippen molar-refractivity contribution in [2.75, 3.05) is 19.8 Å². The van der Waals surface area contributed by atoms with Crippen LogP contribution in [-0.4, -0.2) is 37.5 Å². The summed E-state index contributed by atoms with van der Waals surface area (Å²) in [6.45, 7) is 6.20. The molecule has 2 N–H and O–H groups in total. The number of aliphatic hydroxyl groups is 1. The minimum Gasteiger partial charge on any atom is -0.396 e. The van der Waals surface area contributed by atoms with Crippen LogP contribution in [0.25, 0.3) is 0 Å². The molecule has 0 aliphatic rings. The summed E-state index contributed by atoms with van der Waals surface area (Å²) in [6, 6.07) is 0. The summed E-state index contributed by atoms with van der Waals surface area (Å²) in [4.78, 5) is 16.0. The van der Waals surface area contributed by atoms with Crippen LogP contribution in [0.1, 0.15) is 26.2 Å². The lowest BCUT2D eigenvalue weighted by Gasteiger charge is -2.10. The van der Waals surface area contributed by atoms with E-state index < -0.39 is 0 Å². The number of carbonyl (C=O) groups excluding carboxylic acids is 1. The van der Waals surface area contributed by atoms with Gasteiger partial charge in [-0.05, 0) is 19.3 Å². The molecular formula is C10H20N2O3. The molecule has 0 spiro atoms. The molecule has 0 aliphatic heterocycles. The first kappa shape index (κ1) is 13.9. The molecule has 5 heteroatoms. The quantitative estimate of drug-likeness (QED) is 0.335. The summed E-state index contributed by atoms with van der Waals surface area (Å²) in [5.74, 6) is -0.132. The number of nitrogens with zero attached hydrogens (tertiary/aromatic N) is 1. The molecule has 1 atom stereocenters. The lowest BCUT2D eigenvalue weighted by molar-refractivity contribution is -0.124. The highest BCUT2D eigenvalue weighted by Gasteiger charge is 2.10. The molecule has 0 aliphatic carbocycles. The smallest absolute Gasteiger partial charge is 0.222 e. The number of amides is 1. The molecule has 0 saturated heterocycles. The summed E-state index contributed by atoms with van der Waals surface area (Å²) in [6.07, 6.45) is 2.20. The number of nitrogens with one attached hydrogen (secondary N) is 1. The minimum absolute atomic E-state index is 0.00758. The Morgan fingerprint density at radius 2 is 2.33 bits per heavy atom. The van der Waals surface area contributed by atoms with E-state index in [2.05, 4.69) is 17.2 Å². The van der Waals surface area contributed by atoms with Gasteiger partial charge in [0.05, 0.1) is 0 Å². The van der Waals surface area contributed by atoms with Crippen LogP contribution in [0, 0.1) is 5.92 Å². The van der Waals surface area contributed by atoms with E-state index in [-0.39, 0.29) is 18.4 Å². The number of hydrogen-bond acceptors (Lipinski definition) is 4. The molecule has 88 valence electrons. The van der Waals surface area contributed by atoms with Crippen molar-refractivity contribution in [1.82, 2.24) is 5.32 Å². The van der Waals surface area contributed by atoms with Gasteiger partial charge in [-0.15, -0.1) is 5.16 Å². The van der Waals surface area contributed by atoms with Gasteiger partial charge in [-0.1, -0.05) is 6.92 Å². The molecule has 15 heavy (non-hydrogen) atoms. The normalized spacial score (nSPS) is 11.9. The Labute approximate surface area is 90.5 Å². The second kappa shape index (κ2) is 9.45. The van der Waals surface area contributed by atoms with Crippen molar-refractivity contribution < 1.29 is 14.7 Å². The van der Waals surface area contributed by atoms with Crippen LogP contribution in [0.15, 0.2) is 5.16 Å². The third kappa shape index (κ3) is 7.93. The summed E-state index contributed by atoms with van der Waals surface area (Å²) >= 11 is 0. The Kier molecular flexibility index (Phi) is 8.76. The van der Waals surface area contributed by atoms with Gasteiger partial charge >= 0.3 is 0 Å². The van der Waals surface area contributed by atoms with E-state index in [1.807, 2.05) is 0 Å². The van der Waals surface area contributed by atoms with Crippen molar-refractivity contribution in [3.8, 4) is 0 Å². The molecule has 1 amide bonds. The first-order chi connectivity index (χ1) is 7.22. The van der Waals surface area contributed by atoms with Crippen molar-refractivity contribution in [3.05, 3.63) is 0 Å². The number of oxime groups is 1. The van der Waals surface area contributed by atoms with Crippen molar-refractivity contribution in [2.45, 2.75) is 26.2 Å². The third-order valence-corrected chi connectivity index (χ3v) is 2.06. The van der Waals surface area contributed by atoms with Gasteiger partial charge in [-0.2, -0.15) is 0 Å². The second-order valence-corrected chi connectivity index (χ2v) is 3.37. The van der Waals surface area contributed by atoms with E-state index in [9.17, 15) is 4.79 Å². The van der Waals surface area contributed by atoms with E-state index in [0.717, 1.165) is 12.8 Å². The lowest BCUT2D eigenvalue weighted by atomic mass is 10.1. The Balaban J connectivity index is 3.34. The third-order valence-electron chi connectivity index (χ3n) is 2.06. The van der Waals surface area contributed by atoms with Crippen LogP contribution in [0.4, 0.5) is 0 Å². The van der Waals surface area contributed by atoms with Crippen LogP contribution in [-0.2, 0) is 9.63 Å². The monoisotopic (exact) mass is 216 g/mol. The van der Waals surface area contributed by atoms with Gasteiger partial charge in [0.2, 0.25) is 5.91 Å². The van der Waals surface area contributed by atoms with Crippen LogP contribution < -0.4 is 5.32 Å². The predicted octanol–water partition coefficient (Wildman–Crippen LogP) is 0.533. The number of carbonyl (C=O) groups is 1. The molecule has 1 unspecified atom stereocenters. The summed E-state index contributed by atoms with van der Waals surface area (Å²) in [5.41, 5.74) is 0. The van der Waals surface area contributed by atoms with Gasteiger partial charge < -0.3 is 15.3 Å². The zero-order valence-corrected chi connectivity index (χ0v) is 9.24. The molecule has 0 radical (unpaired) electrons. The number of rotatable bonds is 9. The molecule has 5 nitrogen and oxygen atoms in total. The lowest BCUT2D eigenvalue weighted by Crippen LogP contribution is -2.30. The van der Waals surface area contributed by atoms with Gasteiger partial charge in [0.15, 0.2) is 0 Å². The largest absolute Gasteiger partial charge is 0.396 e. The molecule has 0 fully saturated rings. The van der Waals surface area contributed by atoms with E-state index in [0.29, 0.717) is 19.6 Å². The summed E-state index contributed by atoms with van der Waals surface area (Å²) in [7, 11) is 0. The predicted molar refractivity (Wildman–Crippen MR) is 58.6 cm³/mol. The minimum atomic E-state index is -0.124. The SMILES string of the molecule is C=NOCCCCNC(=O)C(C)CCO. The Morgan fingerprint density at radius 1 is 1.60 bits per heavy atom. The summed E-state index contributed by atoms with van der Waals surface area (Å²) < 4.78 is 0. The van der Waals surface area contributed by atoms with Gasteiger partial charge in [0.1, 0.15) is 6.61 Å². The van der Waals surface area contributed by atoms with Crippen LogP contribution in [0.3, 0.4) is 0 Å². The second-order valence-electron chi connectivity index (χ2n) is 3.37. The zero-order valence-electron chi connectivity index (χ0n) is 9.24. The van der Waals surface area contributed by atoms with Gasteiger partial charge in [0.25, 0.3) is 0 Å². The maximum atomic E-state index is 11.3. The fraction of sp³-hybridized carbons (Fsp3) is 0.800. The molecule has 0 heterocycles. The maximum absolute atomic E-state index is 11.3. The van der Waals surface area contributed by atoms with E-state index in [1.165, 1.54) is 0 Å². The Bertz CT molecular complexity index is 186. The van der Waals surface area contributed by atoms with E-state index >= 15 is 0 Å². The molecule has 0 aromatic carbocycles. The van der Waals surface area contributed by atoms with E-state index in [1.54, 1.807) is 6.92 Å². The number of aliphatic hydroxyl groups excluding tert-OH is 1. The highest BCUT2D eigenvalue weighted by Crippen LogP contribution is 2.00. The molecule has 0 bridgehead atoms. The topological polar surface area (TPSA) is 70.9 Å². The molecule has 0 aromatic heterocycles. The first-order valence-corrected chi connectivity index (χ1v) is 5.19. The van der Waals surface area contributed by atoms with Crippen LogP contribution >= 0.6 is 0 Å². The van der Waals surface area contributed by atoms with Crippen LogP contribution in [0.2, 0.25) is 0 Å². The first-order valence-electron chi connectivity index (χ1n) is 5.19. The molecule has 0 aromatic rings. The average Bonchev–Trinajstić information content (AvgIpc) is 2.23. The van der Waals surface area contributed by atoms with Crippen molar-refractivity contribution in [2.24, 2.45) is 11.1 Å². The fourth-order valence-electron chi connectivity index (χ4n) is 1.07. The van der Waals surface area contributed by atoms with Crippen molar-refractivity contribution in [3.63, 3.8) is 0 Å². The molecular weight excluding hydrogens is 196 g/mol. The van der Waals surface area contributed by atoms with Crippen LogP contribution in [0.5, 0.6) is 0 Å². The fourth-order valence-corrected chi connectivity index (χ4v) is 1.07. The Morgan fingerprint density at radius 3 is 2.93 bits per heavy atom. The van der Waals surface area contributed by atoms with Crippen molar-refractivity contribution >= 4 is 12.6 Å². The van der Waals surface area contributed by atoms with Gasteiger partial charge in [0, 0.05) is 25.8 Å². The molecule has 0 rings (SSSR count). The maximum Gasteiger partial charge on any atom is 0.222 e. The Hall–Kier alpha value is -1.10. The van der Waals surface area contributed by atoms with Crippen molar-refractivity contribution in [1.29, 1.82) is 0 Å². The zero-order chi connectivity index (χ0) is 11.5.